The molecule has 1 saturated heterocycles. The number of hydrogen-bond acceptors (Lipinski definition) is 5. The largest absolute Gasteiger partial charge is 0.465 e. The van der Waals surface area contributed by atoms with Gasteiger partial charge in [0.15, 0.2) is 0 Å². The Morgan fingerprint density at radius 3 is 2.50 bits per heavy atom. The Hall–Kier alpha value is -1.59. The zero-order chi connectivity index (χ0) is 16.9. The van der Waals surface area contributed by atoms with Crippen molar-refractivity contribution in [3.05, 3.63) is 0 Å². The summed E-state index contributed by atoms with van der Waals surface area (Å²) in [5, 5.41) is 0. The van der Waals surface area contributed by atoms with Gasteiger partial charge in [-0.25, -0.2) is 4.79 Å². The highest BCUT2D eigenvalue weighted by Gasteiger charge is 2.33. The summed E-state index contributed by atoms with van der Waals surface area (Å²) in [5.74, 6) is -0.635. The van der Waals surface area contributed by atoms with E-state index < -0.39 is 23.6 Å². The van der Waals surface area contributed by atoms with E-state index in [1.54, 1.807) is 20.8 Å². The number of ketones is 1. The number of Topliss-reactive ketones (excluding diaryl/α,β-unsaturated/α-hetero) is 1. The van der Waals surface area contributed by atoms with E-state index in [-0.39, 0.29) is 31.1 Å². The predicted molar refractivity (Wildman–Crippen MR) is 81.3 cm³/mol. The van der Waals surface area contributed by atoms with Crippen LogP contribution in [0.25, 0.3) is 0 Å². The summed E-state index contributed by atoms with van der Waals surface area (Å²) < 4.78 is 10.4. The van der Waals surface area contributed by atoms with Crippen molar-refractivity contribution in [2.75, 3.05) is 19.7 Å². The maximum Gasteiger partial charge on any atom is 0.410 e. The zero-order valence-corrected chi connectivity index (χ0v) is 14.2. The van der Waals surface area contributed by atoms with Crippen molar-refractivity contribution in [3.8, 4) is 0 Å². The van der Waals surface area contributed by atoms with E-state index in [0.29, 0.717) is 13.2 Å². The number of hydrogen-bond donors (Lipinski definition) is 0. The molecule has 1 amide bonds. The number of likely N-dealkylation sites (tertiary alicyclic amines) is 1. The molecule has 0 bridgehead atoms. The molecule has 0 aliphatic carbocycles. The number of ether oxygens (including phenoxy) is 2. The van der Waals surface area contributed by atoms with Crippen molar-refractivity contribution >= 4 is 17.8 Å². The quantitative estimate of drug-likeness (QED) is 0.745. The fourth-order valence-electron chi connectivity index (χ4n) is 2.10. The van der Waals surface area contributed by atoms with Gasteiger partial charge in [0.1, 0.15) is 11.4 Å². The molecule has 22 heavy (non-hydrogen) atoms. The summed E-state index contributed by atoms with van der Waals surface area (Å²) in [6.07, 6.45) is -0.174. The average molecular weight is 313 g/mol. The van der Waals surface area contributed by atoms with Gasteiger partial charge in [0, 0.05) is 25.4 Å². The Morgan fingerprint density at radius 1 is 1.32 bits per heavy atom. The van der Waals surface area contributed by atoms with E-state index in [1.165, 1.54) is 4.90 Å². The van der Waals surface area contributed by atoms with Crippen molar-refractivity contribution < 1.29 is 23.9 Å². The summed E-state index contributed by atoms with van der Waals surface area (Å²) in [6, 6.07) is 0. The lowest BCUT2D eigenvalue weighted by molar-refractivity contribution is -0.148. The first kappa shape index (κ1) is 18.5. The van der Waals surface area contributed by atoms with Crippen LogP contribution in [0.1, 0.15) is 47.5 Å². The molecule has 1 unspecified atom stereocenters. The van der Waals surface area contributed by atoms with Crippen molar-refractivity contribution in [1.82, 2.24) is 4.90 Å². The fourth-order valence-corrected chi connectivity index (χ4v) is 2.10. The van der Waals surface area contributed by atoms with Gasteiger partial charge in [0.05, 0.1) is 13.0 Å². The van der Waals surface area contributed by atoms with Crippen LogP contribution < -0.4 is 0 Å². The molecule has 1 atom stereocenters. The minimum absolute atomic E-state index is 0.00121. The summed E-state index contributed by atoms with van der Waals surface area (Å²) in [4.78, 5) is 37.2. The maximum absolute atomic E-state index is 12.0. The van der Waals surface area contributed by atoms with Gasteiger partial charge < -0.3 is 14.4 Å². The van der Waals surface area contributed by atoms with E-state index in [9.17, 15) is 14.4 Å². The monoisotopic (exact) mass is 313 g/mol. The van der Waals surface area contributed by atoms with Crippen molar-refractivity contribution in [1.29, 1.82) is 0 Å². The van der Waals surface area contributed by atoms with Crippen LogP contribution in [0.2, 0.25) is 0 Å². The average Bonchev–Trinajstić information content (AvgIpc) is 2.37. The topological polar surface area (TPSA) is 72.9 Å². The lowest BCUT2D eigenvalue weighted by Gasteiger charge is -2.33. The molecular formula is C16H27NO5. The summed E-state index contributed by atoms with van der Waals surface area (Å²) in [7, 11) is 0. The van der Waals surface area contributed by atoms with Crippen LogP contribution in [-0.4, -0.2) is 48.0 Å². The molecule has 0 saturated carbocycles. The Labute approximate surface area is 132 Å². The van der Waals surface area contributed by atoms with Gasteiger partial charge in [-0.3, -0.25) is 9.59 Å². The van der Waals surface area contributed by atoms with Crippen LogP contribution in [0, 0.1) is 11.8 Å². The molecular weight excluding hydrogens is 286 g/mol. The van der Waals surface area contributed by atoms with Crippen LogP contribution in [0.15, 0.2) is 0 Å². The number of piperidine rings is 1. The van der Waals surface area contributed by atoms with Gasteiger partial charge in [0.2, 0.25) is 0 Å². The molecule has 1 aliphatic heterocycles. The highest BCUT2D eigenvalue weighted by atomic mass is 16.6. The predicted octanol–water partition coefficient (Wildman–Crippen LogP) is 2.40. The third-order valence-corrected chi connectivity index (χ3v) is 3.17. The second-order valence-electron chi connectivity index (χ2n) is 7.12. The Bertz CT molecular complexity index is 425. The van der Waals surface area contributed by atoms with E-state index in [4.69, 9.17) is 9.47 Å². The number of carbonyl (C=O) groups is 3. The molecule has 0 aromatic heterocycles. The molecule has 1 aliphatic rings. The molecule has 126 valence electrons. The normalized spacial score (nSPS) is 19.3. The Morgan fingerprint density at radius 2 is 1.95 bits per heavy atom. The van der Waals surface area contributed by atoms with Gasteiger partial charge in [-0.15, -0.1) is 0 Å². The molecule has 0 spiro atoms. The number of amides is 1. The third-order valence-electron chi connectivity index (χ3n) is 3.17. The van der Waals surface area contributed by atoms with Gasteiger partial charge in [-0.05, 0) is 26.7 Å². The first-order chi connectivity index (χ1) is 10.1. The van der Waals surface area contributed by atoms with Crippen LogP contribution in [-0.2, 0) is 19.1 Å². The molecule has 0 aromatic rings. The number of esters is 1. The van der Waals surface area contributed by atoms with Gasteiger partial charge in [-0.1, -0.05) is 13.8 Å². The Kier molecular flexibility index (Phi) is 6.38. The van der Waals surface area contributed by atoms with Gasteiger partial charge >= 0.3 is 12.1 Å². The van der Waals surface area contributed by atoms with E-state index in [1.807, 2.05) is 13.8 Å². The Balaban J connectivity index is 2.54. The highest BCUT2D eigenvalue weighted by Crippen LogP contribution is 2.20. The first-order valence-electron chi connectivity index (χ1n) is 7.74. The number of rotatable bonds is 4. The zero-order valence-electron chi connectivity index (χ0n) is 14.2. The minimum atomic E-state index is -0.579. The molecule has 0 N–H and O–H groups in total. The van der Waals surface area contributed by atoms with Gasteiger partial charge in [0.25, 0.3) is 0 Å². The van der Waals surface area contributed by atoms with Crippen LogP contribution in [0.5, 0.6) is 0 Å². The summed E-state index contributed by atoms with van der Waals surface area (Å²) in [6.45, 7) is 10.2. The van der Waals surface area contributed by atoms with E-state index in [0.717, 1.165) is 0 Å². The smallest absolute Gasteiger partial charge is 0.410 e. The standard InChI is InChI=1S/C16H27NO5/c1-11(2)10-21-14(19)8-12-9-17(7-6-13(12)18)15(20)22-16(3,4)5/h11-12H,6-10H2,1-5H3. The minimum Gasteiger partial charge on any atom is -0.465 e. The summed E-state index contributed by atoms with van der Waals surface area (Å²) >= 11 is 0. The van der Waals surface area contributed by atoms with Crippen molar-refractivity contribution in [2.45, 2.75) is 53.1 Å². The second-order valence-corrected chi connectivity index (χ2v) is 7.12. The first-order valence-corrected chi connectivity index (χ1v) is 7.74. The van der Waals surface area contributed by atoms with Crippen LogP contribution >= 0.6 is 0 Å². The van der Waals surface area contributed by atoms with Crippen molar-refractivity contribution in [2.24, 2.45) is 11.8 Å². The molecule has 1 fully saturated rings. The van der Waals surface area contributed by atoms with Gasteiger partial charge in [-0.2, -0.15) is 0 Å². The lowest BCUT2D eigenvalue weighted by atomic mass is 9.93. The second kappa shape index (κ2) is 7.61. The van der Waals surface area contributed by atoms with Crippen LogP contribution in [0.4, 0.5) is 4.79 Å². The highest BCUT2D eigenvalue weighted by molar-refractivity contribution is 5.87. The van der Waals surface area contributed by atoms with Crippen molar-refractivity contribution in [3.63, 3.8) is 0 Å². The van der Waals surface area contributed by atoms with Crippen LogP contribution in [0.3, 0.4) is 0 Å². The maximum atomic E-state index is 12.0. The molecule has 1 rings (SSSR count). The molecule has 0 aromatic carbocycles. The van der Waals surface area contributed by atoms with E-state index >= 15 is 0 Å². The number of nitrogens with zero attached hydrogens (tertiary/aromatic N) is 1. The molecule has 6 nitrogen and oxygen atoms in total. The summed E-state index contributed by atoms with van der Waals surface area (Å²) in [5.41, 5.74) is -0.579. The van der Waals surface area contributed by atoms with E-state index in [2.05, 4.69) is 0 Å². The lowest BCUT2D eigenvalue weighted by Crippen LogP contribution is -2.46. The molecule has 1 heterocycles. The molecule has 0 radical (unpaired) electrons. The molecule has 6 heteroatoms. The third kappa shape index (κ3) is 6.45. The fraction of sp³-hybridized carbons (Fsp3) is 0.812. The SMILES string of the molecule is CC(C)COC(=O)CC1CN(C(=O)OC(C)(C)C)CCC1=O. The number of carbonyl (C=O) groups excluding carboxylic acids is 3.